The van der Waals surface area contributed by atoms with Crippen molar-refractivity contribution < 1.29 is 4.79 Å². The van der Waals surface area contributed by atoms with Crippen LogP contribution in [0.5, 0.6) is 0 Å². The number of carbonyl (C=O) groups excluding carboxylic acids is 1. The summed E-state index contributed by atoms with van der Waals surface area (Å²) in [6, 6.07) is 25.5. The van der Waals surface area contributed by atoms with Crippen molar-refractivity contribution >= 4 is 33.7 Å². The maximum absolute atomic E-state index is 13.2. The molecular weight excluding hydrogens is 332 g/mol. The quantitative estimate of drug-likeness (QED) is 0.506. The van der Waals surface area contributed by atoms with Crippen molar-refractivity contribution in [1.29, 1.82) is 0 Å². The monoisotopic (exact) mass is 348 g/mol. The SMILES string of the molecule is O=C1C(c2c[nH]c3ccccc23)=CC(=Nc2ccccc2)c2ccccc21. The third kappa shape index (κ3) is 2.61. The maximum atomic E-state index is 13.2. The number of benzene rings is 3. The number of carbonyl (C=O) groups is 1. The summed E-state index contributed by atoms with van der Waals surface area (Å²) in [5.74, 6) is 0.0300. The number of fused-ring (bicyclic) bond motifs is 2. The lowest BCUT2D eigenvalue weighted by atomic mass is 9.85. The van der Waals surface area contributed by atoms with Crippen molar-refractivity contribution in [2.75, 3.05) is 0 Å². The van der Waals surface area contributed by atoms with Gasteiger partial charge >= 0.3 is 0 Å². The Morgan fingerprint density at radius 3 is 2.26 bits per heavy atom. The Morgan fingerprint density at radius 2 is 1.41 bits per heavy atom. The van der Waals surface area contributed by atoms with Gasteiger partial charge in [-0.05, 0) is 24.3 Å². The number of hydrogen-bond acceptors (Lipinski definition) is 2. The number of hydrogen-bond donors (Lipinski definition) is 1. The molecule has 1 N–H and O–H groups in total. The molecule has 3 heteroatoms. The molecule has 128 valence electrons. The summed E-state index contributed by atoms with van der Waals surface area (Å²) in [5.41, 5.74) is 5.82. The largest absolute Gasteiger partial charge is 0.361 e. The fourth-order valence-electron chi connectivity index (χ4n) is 3.56. The molecule has 0 fully saturated rings. The molecule has 3 aromatic carbocycles. The molecule has 0 amide bonds. The second-order valence-corrected chi connectivity index (χ2v) is 6.51. The van der Waals surface area contributed by atoms with Crippen LogP contribution in [0.15, 0.2) is 96.1 Å². The van der Waals surface area contributed by atoms with E-state index in [-0.39, 0.29) is 5.78 Å². The predicted molar refractivity (Wildman–Crippen MR) is 110 cm³/mol. The van der Waals surface area contributed by atoms with E-state index in [4.69, 9.17) is 4.99 Å². The Kier molecular flexibility index (Phi) is 3.58. The number of aromatic nitrogens is 1. The van der Waals surface area contributed by atoms with Crippen LogP contribution in [0.3, 0.4) is 0 Å². The zero-order valence-electron chi connectivity index (χ0n) is 14.5. The molecule has 0 atom stereocenters. The molecule has 5 rings (SSSR count). The predicted octanol–water partition coefficient (Wildman–Crippen LogP) is 5.57. The molecule has 1 aliphatic carbocycles. The van der Waals surface area contributed by atoms with Gasteiger partial charge in [0.25, 0.3) is 0 Å². The van der Waals surface area contributed by atoms with E-state index in [1.165, 1.54) is 0 Å². The molecule has 0 aliphatic heterocycles. The van der Waals surface area contributed by atoms with Crippen molar-refractivity contribution in [2.24, 2.45) is 4.99 Å². The van der Waals surface area contributed by atoms with Gasteiger partial charge in [0.2, 0.25) is 0 Å². The zero-order chi connectivity index (χ0) is 18.2. The summed E-state index contributed by atoms with van der Waals surface area (Å²) < 4.78 is 0. The van der Waals surface area contributed by atoms with Gasteiger partial charge in [0, 0.05) is 39.4 Å². The van der Waals surface area contributed by atoms with Crippen LogP contribution in [-0.2, 0) is 0 Å². The molecule has 0 saturated carbocycles. The molecular formula is C24H16N2O. The molecule has 0 radical (unpaired) electrons. The second-order valence-electron chi connectivity index (χ2n) is 6.51. The van der Waals surface area contributed by atoms with Gasteiger partial charge in [-0.2, -0.15) is 0 Å². The average molecular weight is 348 g/mol. The lowest BCUT2D eigenvalue weighted by Gasteiger charge is -2.17. The molecule has 1 aliphatic rings. The minimum atomic E-state index is 0.0300. The summed E-state index contributed by atoms with van der Waals surface area (Å²) in [4.78, 5) is 21.3. The highest BCUT2D eigenvalue weighted by Crippen LogP contribution is 2.33. The first-order valence-electron chi connectivity index (χ1n) is 8.87. The zero-order valence-corrected chi connectivity index (χ0v) is 14.5. The van der Waals surface area contributed by atoms with Crippen LogP contribution in [0.2, 0.25) is 0 Å². The molecule has 0 bridgehead atoms. The van der Waals surface area contributed by atoms with E-state index in [1.807, 2.05) is 91.1 Å². The molecule has 1 heterocycles. The van der Waals surface area contributed by atoms with Gasteiger partial charge in [0.05, 0.1) is 11.4 Å². The standard InChI is InChI=1S/C24H16N2O/c27-24-19-12-5-4-10-17(19)23(26-16-8-2-1-3-9-16)14-20(24)21-15-25-22-13-7-6-11-18(21)22/h1-15,25H. The van der Waals surface area contributed by atoms with Crippen molar-refractivity contribution in [3.8, 4) is 0 Å². The molecule has 3 nitrogen and oxygen atoms in total. The van der Waals surface area contributed by atoms with Crippen LogP contribution in [0.4, 0.5) is 5.69 Å². The minimum absolute atomic E-state index is 0.0300. The van der Waals surface area contributed by atoms with E-state index in [9.17, 15) is 4.79 Å². The van der Waals surface area contributed by atoms with E-state index in [2.05, 4.69) is 4.98 Å². The first-order valence-corrected chi connectivity index (χ1v) is 8.87. The van der Waals surface area contributed by atoms with E-state index >= 15 is 0 Å². The Bertz CT molecular complexity index is 1230. The van der Waals surface area contributed by atoms with Crippen LogP contribution in [0.1, 0.15) is 21.5 Å². The minimum Gasteiger partial charge on any atom is -0.361 e. The number of Topliss-reactive ketones (excluding diaryl/α,β-unsaturated/α-hetero) is 1. The van der Waals surface area contributed by atoms with Gasteiger partial charge < -0.3 is 4.98 Å². The average Bonchev–Trinajstić information content (AvgIpc) is 3.15. The van der Waals surface area contributed by atoms with E-state index in [0.29, 0.717) is 11.1 Å². The first kappa shape index (κ1) is 15.5. The summed E-state index contributed by atoms with van der Waals surface area (Å²) in [6.07, 6.45) is 3.82. The number of nitrogens with one attached hydrogen (secondary N) is 1. The van der Waals surface area contributed by atoms with Crippen LogP contribution in [-0.4, -0.2) is 16.5 Å². The van der Waals surface area contributed by atoms with Gasteiger partial charge in [-0.3, -0.25) is 4.79 Å². The number of aromatic amines is 1. The summed E-state index contributed by atoms with van der Waals surface area (Å²) >= 11 is 0. The molecule has 1 aromatic heterocycles. The third-order valence-electron chi connectivity index (χ3n) is 4.86. The highest BCUT2D eigenvalue weighted by atomic mass is 16.1. The highest BCUT2D eigenvalue weighted by molar-refractivity contribution is 6.40. The lowest BCUT2D eigenvalue weighted by Crippen LogP contribution is -2.16. The lowest BCUT2D eigenvalue weighted by molar-refractivity contribution is 0.105. The number of ketones is 1. The van der Waals surface area contributed by atoms with Gasteiger partial charge in [0.1, 0.15) is 0 Å². The number of allylic oxidation sites excluding steroid dienone is 2. The Hall–Kier alpha value is -3.72. The van der Waals surface area contributed by atoms with E-state index in [0.717, 1.165) is 33.4 Å². The summed E-state index contributed by atoms with van der Waals surface area (Å²) in [5, 5.41) is 1.04. The van der Waals surface area contributed by atoms with Gasteiger partial charge in [0.15, 0.2) is 5.78 Å². The number of para-hydroxylation sites is 2. The number of H-pyrrole nitrogens is 1. The molecule has 4 aromatic rings. The maximum Gasteiger partial charge on any atom is 0.194 e. The Morgan fingerprint density at radius 1 is 0.704 bits per heavy atom. The summed E-state index contributed by atoms with van der Waals surface area (Å²) in [7, 11) is 0. The van der Waals surface area contributed by atoms with Crippen molar-refractivity contribution in [1.82, 2.24) is 4.98 Å². The van der Waals surface area contributed by atoms with E-state index in [1.54, 1.807) is 0 Å². The summed E-state index contributed by atoms with van der Waals surface area (Å²) in [6.45, 7) is 0. The second kappa shape index (κ2) is 6.22. The Balaban J connectivity index is 1.74. The highest BCUT2D eigenvalue weighted by Gasteiger charge is 2.26. The third-order valence-corrected chi connectivity index (χ3v) is 4.86. The van der Waals surface area contributed by atoms with Crippen LogP contribution >= 0.6 is 0 Å². The first-order chi connectivity index (χ1) is 13.3. The van der Waals surface area contributed by atoms with Gasteiger partial charge in [-0.15, -0.1) is 0 Å². The van der Waals surface area contributed by atoms with Crippen LogP contribution in [0.25, 0.3) is 16.5 Å². The number of nitrogens with zero attached hydrogens (tertiary/aromatic N) is 1. The van der Waals surface area contributed by atoms with Crippen molar-refractivity contribution in [2.45, 2.75) is 0 Å². The van der Waals surface area contributed by atoms with Gasteiger partial charge in [-0.1, -0.05) is 60.7 Å². The number of aliphatic imine (C=N–C) groups is 1. The normalized spacial score (nSPS) is 15.0. The fourth-order valence-corrected chi connectivity index (χ4v) is 3.56. The van der Waals surface area contributed by atoms with Crippen LogP contribution < -0.4 is 0 Å². The molecule has 0 saturated heterocycles. The van der Waals surface area contributed by atoms with Crippen molar-refractivity contribution in [3.63, 3.8) is 0 Å². The van der Waals surface area contributed by atoms with Gasteiger partial charge in [-0.25, -0.2) is 4.99 Å². The topological polar surface area (TPSA) is 45.2 Å². The molecule has 27 heavy (non-hydrogen) atoms. The number of rotatable bonds is 2. The fraction of sp³-hybridized carbons (Fsp3) is 0. The molecule has 0 unspecified atom stereocenters. The smallest absolute Gasteiger partial charge is 0.194 e. The van der Waals surface area contributed by atoms with Crippen molar-refractivity contribution in [3.05, 3.63) is 108 Å². The van der Waals surface area contributed by atoms with E-state index < -0.39 is 0 Å². The Labute approximate surface area is 156 Å². The molecule has 0 spiro atoms. The van der Waals surface area contributed by atoms with Crippen LogP contribution in [0, 0.1) is 0 Å².